The molecule has 2 aromatic heterocycles. The molecular formula is C12H14F3N5. The molecule has 0 atom stereocenters. The summed E-state index contributed by atoms with van der Waals surface area (Å²) in [6.07, 6.45) is -3.02. The molecule has 0 unspecified atom stereocenters. The molecule has 0 aliphatic rings. The Hall–Kier alpha value is -2.12. The fourth-order valence-electron chi connectivity index (χ4n) is 1.58. The molecule has 0 spiro atoms. The Morgan fingerprint density at radius 2 is 1.95 bits per heavy atom. The van der Waals surface area contributed by atoms with Crippen LogP contribution in [0.5, 0.6) is 0 Å². The van der Waals surface area contributed by atoms with E-state index >= 15 is 0 Å². The van der Waals surface area contributed by atoms with E-state index in [-0.39, 0.29) is 17.6 Å². The summed E-state index contributed by atoms with van der Waals surface area (Å²) in [5, 5.41) is 6.80. The first-order valence-electron chi connectivity index (χ1n) is 6.01. The number of nitrogens with one attached hydrogen (secondary N) is 1. The third kappa shape index (κ3) is 2.89. The molecule has 8 heteroatoms. The van der Waals surface area contributed by atoms with Crippen LogP contribution in [0, 0.1) is 0 Å². The number of halogens is 3. The lowest BCUT2D eigenvalue weighted by Gasteiger charge is -2.10. The lowest BCUT2D eigenvalue weighted by molar-refractivity contribution is -0.144. The van der Waals surface area contributed by atoms with E-state index in [9.17, 15) is 13.2 Å². The Labute approximate surface area is 113 Å². The van der Waals surface area contributed by atoms with Gasteiger partial charge in [-0.05, 0) is 12.0 Å². The van der Waals surface area contributed by atoms with Crippen LogP contribution in [0.25, 0.3) is 5.82 Å². The van der Waals surface area contributed by atoms with Crippen molar-refractivity contribution in [3.8, 4) is 5.82 Å². The molecule has 0 amide bonds. The van der Waals surface area contributed by atoms with Gasteiger partial charge in [-0.2, -0.15) is 18.3 Å². The number of hydrogen-bond donors (Lipinski definition) is 1. The van der Waals surface area contributed by atoms with Crippen molar-refractivity contribution < 1.29 is 13.2 Å². The van der Waals surface area contributed by atoms with Gasteiger partial charge in [0.1, 0.15) is 5.82 Å². The highest BCUT2D eigenvalue weighted by Crippen LogP contribution is 2.28. The minimum Gasteiger partial charge on any atom is -0.373 e. The molecule has 0 saturated heterocycles. The monoisotopic (exact) mass is 285 g/mol. The molecule has 0 radical (unpaired) electrons. The molecule has 2 heterocycles. The highest BCUT2D eigenvalue weighted by atomic mass is 19.4. The zero-order valence-corrected chi connectivity index (χ0v) is 11.2. The van der Waals surface area contributed by atoms with Gasteiger partial charge < -0.3 is 5.32 Å². The number of anilines is 1. The molecule has 2 aromatic rings. The highest BCUT2D eigenvalue weighted by Gasteiger charge is 2.35. The molecule has 0 fully saturated rings. The van der Waals surface area contributed by atoms with Gasteiger partial charge in [0, 0.05) is 19.3 Å². The topological polar surface area (TPSA) is 55.6 Å². The van der Waals surface area contributed by atoms with Crippen molar-refractivity contribution >= 4 is 5.82 Å². The van der Waals surface area contributed by atoms with Gasteiger partial charge in [0.05, 0.1) is 5.69 Å². The zero-order chi connectivity index (χ0) is 14.9. The van der Waals surface area contributed by atoms with E-state index in [1.54, 1.807) is 12.3 Å². The quantitative estimate of drug-likeness (QED) is 0.942. The SMILES string of the molecule is CNc1cc(-n2ccc(C(C)C)n2)nc(C(F)(F)F)n1. The van der Waals surface area contributed by atoms with Crippen molar-refractivity contribution in [2.45, 2.75) is 25.9 Å². The smallest absolute Gasteiger partial charge is 0.373 e. The first-order chi connectivity index (χ1) is 9.31. The van der Waals surface area contributed by atoms with E-state index in [2.05, 4.69) is 20.4 Å². The first-order valence-corrected chi connectivity index (χ1v) is 6.01. The zero-order valence-electron chi connectivity index (χ0n) is 11.2. The summed E-state index contributed by atoms with van der Waals surface area (Å²) in [7, 11) is 1.49. The lowest BCUT2D eigenvalue weighted by Crippen LogP contribution is -2.15. The van der Waals surface area contributed by atoms with Crippen molar-refractivity contribution in [2.75, 3.05) is 12.4 Å². The minimum atomic E-state index is -4.60. The largest absolute Gasteiger partial charge is 0.451 e. The van der Waals surface area contributed by atoms with Crippen LogP contribution in [0.3, 0.4) is 0 Å². The van der Waals surface area contributed by atoms with Gasteiger partial charge in [-0.3, -0.25) is 0 Å². The highest BCUT2D eigenvalue weighted by molar-refractivity contribution is 5.41. The summed E-state index contributed by atoms with van der Waals surface area (Å²) in [4.78, 5) is 6.92. The number of rotatable bonds is 3. The Bertz CT molecular complexity index is 603. The molecule has 2 rings (SSSR count). The maximum Gasteiger partial charge on any atom is 0.451 e. The van der Waals surface area contributed by atoms with Crippen molar-refractivity contribution in [1.82, 2.24) is 19.7 Å². The summed E-state index contributed by atoms with van der Waals surface area (Å²) in [6.45, 7) is 3.90. The Morgan fingerprint density at radius 1 is 1.25 bits per heavy atom. The predicted octanol–water partition coefficient (Wildman–Crippen LogP) is 2.85. The lowest BCUT2D eigenvalue weighted by atomic mass is 10.1. The summed E-state index contributed by atoms with van der Waals surface area (Å²) in [6, 6.07) is 3.16. The standard InChI is InChI=1S/C12H14F3N5/c1-7(2)8-4-5-20(19-8)10-6-9(16-3)17-11(18-10)12(13,14)15/h4-7H,1-3H3,(H,16,17,18). The molecule has 0 aliphatic carbocycles. The summed E-state index contributed by atoms with van der Waals surface area (Å²) in [5.41, 5.74) is 0.781. The maximum absolute atomic E-state index is 12.8. The van der Waals surface area contributed by atoms with Gasteiger partial charge in [-0.1, -0.05) is 13.8 Å². The van der Waals surface area contributed by atoms with Gasteiger partial charge in [-0.15, -0.1) is 0 Å². The average Bonchev–Trinajstić information content (AvgIpc) is 2.87. The Morgan fingerprint density at radius 3 is 2.45 bits per heavy atom. The molecule has 108 valence electrons. The summed E-state index contributed by atoms with van der Waals surface area (Å²) in [5.74, 6) is -0.850. The second-order valence-electron chi connectivity index (χ2n) is 4.52. The average molecular weight is 285 g/mol. The number of alkyl halides is 3. The van der Waals surface area contributed by atoms with Gasteiger partial charge in [0.25, 0.3) is 0 Å². The number of aromatic nitrogens is 4. The van der Waals surface area contributed by atoms with Crippen molar-refractivity contribution in [1.29, 1.82) is 0 Å². The molecular weight excluding hydrogens is 271 g/mol. The third-order valence-electron chi connectivity index (χ3n) is 2.66. The van der Waals surface area contributed by atoms with Gasteiger partial charge in [-0.25, -0.2) is 14.6 Å². The number of nitrogens with zero attached hydrogens (tertiary/aromatic N) is 4. The van der Waals surface area contributed by atoms with Crippen LogP contribution in [-0.4, -0.2) is 26.8 Å². The molecule has 0 aliphatic heterocycles. The van der Waals surface area contributed by atoms with Crippen molar-refractivity contribution in [2.24, 2.45) is 0 Å². The van der Waals surface area contributed by atoms with Crippen LogP contribution < -0.4 is 5.32 Å². The molecule has 0 saturated carbocycles. The Balaban J connectivity index is 2.49. The molecule has 20 heavy (non-hydrogen) atoms. The van der Waals surface area contributed by atoms with Crippen LogP contribution in [0.1, 0.15) is 31.3 Å². The van der Waals surface area contributed by atoms with Crippen molar-refractivity contribution in [3.05, 3.63) is 29.8 Å². The minimum absolute atomic E-state index is 0.0728. The van der Waals surface area contributed by atoms with Crippen LogP contribution in [-0.2, 0) is 6.18 Å². The van der Waals surface area contributed by atoms with Crippen LogP contribution >= 0.6 is 0 Å². The van der Waals surface area contributed by atoms with Gasteiger partial charge >= 0.3 is 6.18 Å². The van der Waals surface area contributed by atoms with Gasteiger partial charge in [0.15, 0.2) is 5.82 Å². The van der Waals surface area contributed by atoms with Crippen molar-refractivity contribution in [3.63, 3.8) is 0 Å². The van der Waals surface area contributed by atoms with E-state index in [0.29, 0.717) is 0 Å². The summed E-state index contributed by atoms with van der Waals surface area (Å²) >= 11 is 0. The van der Waals surface area contributed by atoms with E-state index < -0.39 is 12.0 Å². The van der Waals surface area contributed by atoms with Crippen LogP contribution in [0.15, 0.2) is 18.3 Å². The molecule has 0 bridgehead atoms. The number of hydrogen-bond acceptors (Lipinski definition) is 4. The fraction of sp³-hybridized carbons (Fsp3) is 0.417. The fourth-order valence-corrected chi connectivity index (χ4v) is 1.58. The van der Waals surface area contributed by atoms with E-state index in [1.165, 1.54) is 17.8 Å². The second kappa shape index (κ2) is 5.10. The normalized spacial score (nSPS) is 11.9. The van der Waals surface area contributed by atoms with E-state index in [1.807, 2.05) is 13.8 Å². The van der Waals surface area contributed by atoms with Crippen LogP contribution in [0.2, 0.25) is 0 Å². The van der Waals surface area contributed by atoms with E-state index in [4.69, 9.17) is 0 Å². The van der Waals surface area contributed by atoms with Crippen LogP contribution in [0.4, 0.5) is 19.0 Å². The first kappa shape index (κ1) is 14.3. The third-order valence-corrected chi connectivity index (χ3v) is 2.66. The summed E-state index contributed by atoms with van der Waals surface area (Å²) < 4.78 is 39.6. The Kier molecular flexibility index (Phi) is 3.65. The molecule has 5 nitrogen and oxygen atoms in total. The van der Waals surface area contributed by atoms with Gasteiger partial charge in [0.2, 0.25) is 5.82 Å². The second-order valence-corrected chi connectivity index (χ2v) is 4.52. The molecule has 0 aromatic carbocycles. The van der Waals surface area contributed by atoms with E-state index in [0.717, 1.165) is 5.69 Å². The maximum atomic E-state index is 12.8. The predicted molar refractivity (Wildman–Crippen MR) is 67.8 cm³/mol. The molecule has 1 N–H and O–H groups in total.